The molecule has 0 unspecified atom stereocenters. The van der Waals surface area contributed by atoms with Gasteiger partial charge in [-0.25, -0.2) is 14.4 Å². The predicted octanol–water partition coefficient (Wildman–Crippen LogP) is 6.17. The minimum Gasteiger partial charge on any atom is -0.490 e. The van der Waals surface area contributed by atoms with Crippen molar-refractivity contribution in [3.63, 3.8) is 0 Å². The highest BCUT2D eigenvalue weighted by Gasteiger charge is 2.26. The summed E-state index contributed by atoms with van der Waals surface area (Å²) in [5, 5.41) is 10.6. The molecular formula is C32H33FN4O3. The number of anilines is 1. The van der Waals surface area contributed by atoms with Gasteiger partial charge in [-0.3, -0.25) is 4.79 Å². The van der Waals surface area contributed by atoms with Crippen LogP contribution in [0.2, 0.25) is 0 Å². The molecule has 2 aliphatic heterocycles. The van der Waals surface area contributed by atoms with Gasteiger partial charge >= 0.3 is 5.97 Å². The maximum atomic E-state index is 15.4. The van der Waals surface area contributed by atoms with Crippen molar-refractivity contribution in [2.24, 2.45) is 7.05 Å². The molecule has 0 fully saturated rings. The number of pyridine rings is 2. The maximum absolute atomic E-state index is 15.4. The third-order valence-electron chi connectivity index (χ3n) is 8.32. The van der Waals surface area contributed by atoms with E-state index in [1.807, 2.05) is 37.7 Å². The van der Waals surface area contributed by atoms with E-state index in [2.05, 4.69) is 35.0 Å². The Morgan fingerprint density at radius 2 is 2.00 bits per heavy atom. The molecule has 206 valence electrons. The Kier molecular flexibility index (Phi) is 6.56. The lowest BCUT2D eigenvalue weighted by atomic mass is 9.87. The van der Waals surface area contributed by atoms with Gasteiger partial charge in [-0.05, 0) is 86.6 Å². The molecule has 2 aliphatic rings. The second-order valence-corrected chi connectivity index (χ2v) is 10.9. The monoisotopic (exact) mass is 540 g/mol. The standard InChI is InChI=1S/C32H33FN4O3/c1-18-8-11-37(12-9-18)28-14-21(7-10-34-28)27-16-25-30(24(17-29(38)39)20(3)35-32(25)36(27)4)23-15-26(33)31-22(19(23)2)6-5-13-40-31/h7-8,10,14-16H,5-6,9,11-13,17H2,1-4H3,(H,38,39). The number of hydrogen-bond donors (Lipinski definition) is 1. The van der Waals surface area contributed by atoms with Crippen LogP contribution in [0.3, 0.4) is 0 Å². The molecule has 4 aromatic rings. The first-order chi connectivity index (χ1) is 19.2. The average molecular weight is 541 g/mol. The van der Waals surface area contributed by atoms with Crippen molar-refractivity contribution in [3.8, 4) is 28.1 Å². The summed E-state index contributed by atoms with van der Waals surface area (Å²) in [5.74, 6) is -0.143. The van der Waals surface area contributed by atoms with Gasteiger partial charge in [0.15, 0.2) is 11.6 Å². The fourth-order valence-electron chi connectivity index (χ4n) is 6.08. The summed E-state index contributed by atoms with van der Waals surface area (Å²) in [6, 6.07) is 7.63. The normalized spacial score (nSPS) is 15.1. The van der Waals surface area contributed by atoms with Gasteiger partial charge in [-0.15, -0.1) is 0 Å². The summed E-state index contributed by atoms with van der Waals surface area (Å²) >= 11 is 0. The third kappa shape index (κ3) is 4.41. The van der Waals surface area contributed by atoms with Crippen molar-refractivity contribution in [2.45, 2.75) is 46.5 Å². The number of nitrogens with zero attached hydrogens (tertiary/aromatic N) is 4. The molecule has 1 N–H and O–H groups in total. The Bertz CT molecular complexity index is 1700. The number of fused-ring (bicyclic) bond motifs is 2. The topological polar surface area (TPSA) is 80.5 Å². The molecule has 0 atom stereocenters. The van der Waals surface area contributed by atoms with Crippen molar-refractivity contribution in [1.29, 1.82) is 0 Å². The molecule has 0 amide bonds. The van der Waals surface area contributed by atoms with E-state index in [1.54, 1.807) is 0 Å². The molecule has 40 heavy (non-hydrogen) atoms. The number of halogens is 1. The zero-order valence-corrected chi connectivity index (χ0v) is 23.3. The Balaban J connectivity index is 1.57. The van der Waals surface area contributed by atoms with Crippen LogP contribution in [0, 0.1) is 19.7 Å². The molecule has 6 rings (SSSR count). The molecule has 0 radical (unpaired) electrons. The summed E-state index contributed by atoms with van der Waals surface area (Å²) in [6.07, 6.45) is 6.41. The highest BCUT2D eigenvalue weighted by atomic mass is 19.1. The van der Waals surface area contributed by atoms with Gasteiger partial charge in [0, 0.05) is 48.5 Å². The first-order valence-corrected chi connectivity index (χ1v) is 13.8. The van der Waals surface area contributed by atoms with Crippen LogP contribution < -0.4 is 9.64 Å². The van der Waals surface area contributed by atoms with E-state index in [9.17, 15) is 9.90 Å². The molecule has 3 aromatic heterocycles. The number of aliphatic carboxylic acids is 1. The van der Waals surface area contributed by atoms with Gasteiger partial charge in [0.1, 0.15) is 11.5 Å². The van der Waals surface area contributed by atoms with Gasteiger partial charge in [0.05, 0.1) is 18.7 Å². The van der Waals surface area contributed by atoms with Crippen LogP contribution in [0.5, 0.6) is 5.75 Å². The van der Waals surface area contributed by atoms with Crippen LogP contribution in [0.15, 0.2) is 42.1 Å². The van der Waals surface area contributed by atoms with Gasteiger partial charge in [0.25, 0.3) is 0 Å². The number of rotatable bonds is 5. The molecule has 5 heterocycles. The van der Waals surface area contributed by atoms with Gasteiger partial charge in [-0.1, -0.05) is 11.6 Å². The highest BCUT2D eigenvalue weighted by molar-refractivity contribution is 6.01. The number of carboxylic acids is 1. The Hall–Kier alpha value is -4.20. The Morgan fingerprint density at radius 1 is 1.18 bits per heavy atom. The van der Waals surface area contributed by atoms with Crippen LogP contribution in [-0.2, 0) is 24.7 Å². The van der Waals surface area contributed by atoms with Gasteiger partial charge < -0.3 is 19.3 Å². The molecule has 8 heteroatoms. The van der Waals surface area contributed by atoms with Crippen LogP contribution >= 0.6 is 0 Å². The number of hydrogen-bond acceptors (Lipinski definition) is 5. The van der Waals surface area contributed by atoms with Gasteiger partial charge in [-0.2, -0.15) is 0 Å². The van der Waals surface area contributed by atoms with E-state index in [-0.39, 0.29) is 6.42 Å². The summed E-state index contributed by atoms with van der Waals surface area (Å²) < 4.78 is 23.1. The lowest BCUT2D eigenvalue weighted by molar-refractivity contribution is -0.136. The summed E-state index contributed by atoms with van der Waals surface area (Å²) in [7, 11) is 1.96. The lowest BCUT2D eigenvalue weighted by Crippen LogP contribution is -2.28. The van der Waals surface area contributed by atoms with Crippen LogP contribution in [0.4, 0.5) is 10.2 Å². The van der Waals surface area contributed by atoms with E-state index in [4.69, 9.17) is 9.72 Å². The third-order valence-corrected chi connectivity index (χ3v) is 8.32. The molecule has 0 saturated carbocycles. The molecule has 0 saturated heterocycles. The van der Waals surface area contributed by atoms with Crippen molar-refractivity contribution >= 4 is 22.8 Å². The van der Waals surface area contributed by atoms with E-state index in [0.717, 1.165) is 77.2 Å². The quantitative estimate of drug-likeness (QED) is 0.305. The van der Waals surface area contributed by atoms with E-state index in [0.29, 0.717) is 29.2 Å². The van der Waals surface area contributed by atoms with Crippen molar-refractivity contribution in [3.05, 3.63) is 70.3 Å². The smallest absolute Gasteiger partial charge is 0.307 e. The summed E-state index contributed by atoms with van der Waals surface area (Å²) in [6.45, 7) is 8.21. The molecule has 7 nitrogen and oxygen atoms in total. The zero-order chi connectivity index (χ0) is 28.1. The number of carbonyl (C=O) groups is 1. The maximum Gasteiger partial charge on any atom is 0.307 e. The first kappa shape index (κ1) is 26.0. The number of carboxylic acid groups (broad SMARTS) is 1. The van der Waals surface area contributed by atoms with Crippen LogP contribution in [-0.4, -0.2) is 45.3 Å². The average Bonchev–Trinajstić information content (AvgIpc) is 3.27. The van der Waals surface area contributed by atoms with Crippen molar-refractivity contribution < 1.29 is 19.0 Å². The minimum absolute atomic E-state index is 0.204. The molecule has 1 aromatic carbocycles. The fraction of sp³-hybridized carbons (Fsp3) is 0.344. The van der Waals surface area contributed by atoms with Crippen LogP contribution in [0.25, 0.3) is 33.4 Å². The second-order valence-electron chi connectivity index (χ2n) is 10.9. The van der Waals surface area contributed by atoms with E-state index >= 15 is 4.39 Å². The predicted molar refractivity (Wildman–Crippen MR) is 155 cm³/mol. The minimum atomic E-state index is -0.953. The Labute approximate surface area is 232 Å². The second kappa shape index (κ2) is 10.1. The van der Waals surface area contributed by atoms with E-state index in [1.165, 1.54) is 11.6 Å². The summed E-state index contributed by atoms with van der Waals surface area (Å²) in [4.78, 5) is 23.8. The number of ether oxygens (including phenoxy) is 1. The van der Waals surface area contributed by atoms with E-state index < -0.39 is 11.8 Å². The highest BCUT2D eigenvalue weighted by Crippen LogP contribution is 2.43. The first-order valence-electron chi connectivity index (χ1n) is 13.8. The van der Waals surface area contributed by atoms with Crippen LogP contribution in [0.1, 0.15) is 42.1 Å². The largest absolute Gasteiger partial charge is 0.490 e. The molecule has 0 bridgehead atoms. The zero-order valence-electron chi connectivity index (χ0n) is 23.3. The SMILES string of the molecule is CC1=CCN(c2cc(-c3cc4c(-c5cc(F)c6c(c5C)CCCO6)c(CC(=O)O)c(C)nc4n3C)ccn2)CC1. The Morgan fingerprint density at radius 3 is 2.75 bits per heavy atom. The van der Waals surface area contributed by atoms with Gasteiger partial charge in [0.2, 0.25) is 0 Å². The summed E-state index contributed by atoms with van der Waals surface area (Å²) in [5.41, 5.74) is 8.45. The lowest BCUT2D eigenvalue weighted by Gasteiger charge is -2.26. The van der Waals surface area contributed by atoms with Crippen molar-refractivity contribution in [1.82, 2.24) is 14.5 Å². The number of aryl methyl sites for hydroxylation is 2. The molecule has 0 aliphatic carbocycles. The number of benzene rings is 1. The fourth-order valence-corrected chi connectivity index (χ4v) is 6.08. The molecular weight excluding hydrogens is 507 g/mol. The number of aromatic nitrogens is 3. The molecule has 0 spiro atoms. The van der Waals surface area contributed by atoms with Crippen molar-refractivity contribution in [2.75, 3.05) is 24.6 Å².